The Morgan fingerprint density at radius 2 is 2.17 bits per heavy atom. The van der Waals surface area contributed by atoms with Crippen LogP contribution in [0.2, 0.25) is 0 Å². The van der Waals surface area contributed by atoms with Gasteiger partial charge in [-0.05, 0) is 44.1 Å². The molecule has 1 aromatic rings. The summed E-state index contributed by atoms with van der Waals surface area (Å²) in [6.07, 6.45) is 4.55. The van der Waals surface area contributed by atoms with Crippen molar-refractivity contribution in [3.8, 4) is 6.07 Å². The van der Waals surface area contributed by atoms with Crippen LogP contribution < -0.4 is 4.90 Å². The Labute approximate surface area is 114 Å². The molecule has 96 valence electrons. The van der Waals surface area contributed by atoms with Gasteiger partial charge in [-0.25, -0.2) is 0 Å². The monoisotopic (exact) mass is 260 g/mol. The molecule has 0 bridgehead atoms. The number of rotatable bonds is 2. The highest BCUT2D eigenvalue weighted by Crippen LogP contribution is 2.34. The molecule has 1 heterocycles. The lowest BCUT2D eigenvalue weighted by atomic mass is 9.91. The van der Waals surface area contributed by atoms with Crippen LogP contribution in [0.5, 0.6) is 0 Å². The number of hydrogen-bond acceptors (Lipinski definition) is 3. The molecule has 0 radical (unpaired) electrons. The average Bonchev–Trinajstić information content (AvgIpc) is 2.41. The van der Waals surface area contributed by atoms with Crippen LogP contribution in [0.25, 0.3) is 0 Å². The number of thioether (sulfide) groups is 1. The van der Waals surface area contributed by atoms with Gasteiger partial charge in [-0.2, -0.15) is 5.26 Å². The van der Waals surface area contributed by atoms with Gasteiger partial charge in [0.05, 0.1) is 11.3 Å². The van der Waals surface area contributed by atoms with Gasteiger partial charge in [-0.1, -0.05) is 13.0 Å². The van der Waals surface area contributed by atoms with Crippen molar-refractivity contribution in [2.75, 3.05) is 17.7 Å². The zero-order valence-corrected chi connectivity index (χ0v) is 12.1. The van der Waals surface area contributed by atoms with E-state index in [0.717, 1.165) is 22.7 Å². The van der Waals surface area contributed by atoms with E-state index in [1.54, 1.807) is 11.8 Å². The van der Waals surface area contributed by atoms with E-state index in [0.29, 0.717) is 12.0 Å². The summed E-state index contributed by atoms with van der Waals surface area (Å²) in [4.78, 5) is 3.49. The largest absolute Gasteiger partial charge is 0.367 e. The van der Waals surface area contributed by atoms with Gasteiger partial charge in [0.15, 0.2) is 0 Å². The molecule has 1 aliphatic rings. The van der Waals surface area contributed by atoms with E-state index < -0.39 is 0 Å². The number of benzene rings is 1. The fraction of sp³-hybridized carbons (Fsp3) is 0.533. The molecule has 0 aromatic heterocycles. The van der Waals surface area contributed by atoms with E-state index in [-0.39, 0.29) is 0 Å². The molecule has 2 rings (SSSR count). The van der Waals surface area contributed by atoms with Gasteiger partial charge in [0.1, 0.15) is 6.07 Å². The van der Waals surface area contributed by atoms with Crippen molar-refractivity contribution in [1.29, 1.82) is 5.26 Å². The molecular formula is C15H20N2S. The Hall–Kier alpha value is -1.14. The number of nitriles is 1. The molecule has 1 saturated heterocycles. The minimum Gasteiger partial charge on any atom is -0.367 e. The van der Waals surface area contributed by atoms with Crippen molar-refractivity contribution in [3.05, 3.63) is 23.8 Å². The second-order valence-electron chi connectivity index (χ2n) is 5.02. The van der Waals surface area contributed by atoms with E-state index in [4.69, 9.17) is 0 Å². The maximum Gasteiger partial charge on any atom is 0.103 e. The Kier molecular flexibility index (Phi) is 4.19. The molecule has 0 saturated carbocycles. The zero-order valence-electron chi connectivity index (χ0n) is 11.3. The van der Waals surface area contributed by atoms with Crippen molar-refractivity contribution in [3.63, 3.8) is 0 Å². The van der Waals surface area contributed by atoms with Gasteiger partial charge in [-0.15, -0.1) is 11.8 Å². The first-order valence-corrected chi connectivity index (χ1v) is 7.75. The second kappa shape index (κ2) is 5.67. The number of anilines is 1. The molecule has 18 heavy (non-hydrogen) atoms. The molecule has 3 heteroatoms. The summed E-state index contributed by atoms with van der Waals surface area (Å²) >= 11 is 1.65. The highest BCUT2D eigenvalue weighted by Gasteiger charge is 2.26. The summed E-state index contributed by atoms with van der Waals surface area (Å²) in [7, 11) is 0. The van der Waals surface area contributed by atoms with Crippen molar-refractivity contribution in [2.24, 2.45) is 5.92 Å². The molecule has 2 unspecified atom stereocenters. The minimum absolute atomic E-state index is 0.517. The summed E-state index contributed by atoms with van der Waals surface area (Å²) in [5.74, 6) is 0.697. The Balaban J connectivity index is 2.41. The number of nitrogens with zero attached hydrogens (tertiary/aromatic N) is 2. The summed E-state index contributed by atoms with van der Waals surface area (Å²) in [6.45, 7) is 5.65. The third-order valence-electron chi connectivity index (χ3n) is 4.02. The highest BCUT2D eigenvalue weighted by molar-refractivity contribution is 7.98. The Morgan fingerprint density at radius 3 is 2.83 bits per heavy atom. The average molecular weight is 260 g/mol. The predicted molar refractivity (Wildman–Crippen MR) is 78.1 cm³/mol. The first-order valence-electron chi connectivity index (χ1n) is 6.52. The standard InChI is InChI=1S/C15H20N2S/c1-11-6-5-9-17(12(11)2)14-7-4-8-15(18-3)13(14)10-16/h4,7-8,11-12H,5-6,9H2,1-3H3. The molecule has 0 amide bonds. The van der Waals surface area contributed by atoms with Crippen molar-refractivity contribution < 1.29 is 0 Å². The van der Waals surface area contributed by atoms with Crippen molar-refractivity contribution >= 4 is 17.4 Å². The lowest BCUT2D eigenvalue weighted by molar-refractivity contribution is 0.363. The minimum atomic E-state index is 0.517. The summed E-state index contributed by atoms with van der Waals surface area (Å²) < 4.78 is 0. The Morgan fingerprint density at radius 1 is 1.39 bits per heavy atom. The molecule has 0 N–H and O–H groups in total. The maximum atomic E-state index is 9.42. The van der Waals surface area contributed by atoms with Crippen LogP contribution in [-0.4, -0.2) is 18.8 Å². The molecule has 0 aliphatic carbocycles. The topological polar surface area (TPSA) is 27.0 Å². The first-order chi connectivity index (χ1) is 8.69. The highest BCUT2D eigenvalue weighted by atomic mass is 32.2. The van der Waals surface area contributed by atoms with Crippen LogP contribution >= 0.6 is 11.8 Å². The predicted octanol–water partition coefficient (Wildman–Crippen LogP) is 3.90. The number of hydrogen-bond donors (Lipinski definition) is 0. The zero-order chi connectivity index (χ0) is 13.1. The smallest absolute Gasteiger partial charge is 0.103 e. The maximum absolute atomic E-state index is 9.42. The van der Waals surface area contributed by atoms with Crippen molar-refractivity contribution in [1.82, 2.24) is 0 Å². The van der Waals surface area contributed by atoms with Crippen LogP contribution in [0.3, 0.4) is 0 Å². The van der Waals surface area contributed by atoms with E-state index in [9.17, 15) is 5.26 Å². The SMILES string of the molecule is CSc1cccc(N2CCCC(C)C2C)c1C#N. The molecular weight excluding hydrogens is 240 g/mol. The van der Waals surface area contributed by atoms with Crippen LogP contribution in [0, 0.1) is 17.2 Å². The first kappa shape index (κ1) is 13.3. The van der Waals surface area contributed by atoms with Gasteiger partial charge in [0, 0.05) is 17.5 Å². The Bertz CT molecular complexity index is 464. The molecule has 2 atom stereocenters. The van der Waals surface area contributed by atoms with E-state index in [1.807, 2.05) is 12.3 Å². The fourth-order valence-corrected chi connectivity index (χ4v) is 3.29. The molecule has 2 nitrogen and oxygen atoms in total. The van der Waals surface area contributed by atoms with Crippen LogP contribution in [0.1, 0.15) is 32.3 Å². The third-order valence-corrected chi connectivity index (χ3v) is 4.80. The normalized spacial score (nSPS) is 23.8. The van der Waals surface area contributed by atoms with Gasteiger partial charge in [0.25, 0.3) is 0 Å². The molecule has 1 aliphatic heterocycles. The van der Waals surface area contributed by atoms with E-state index in [1.165, 1.54) is 12.8 Å². The van der Waals surface area contributed by atoms with Crippen LogP contribution in [0.4, 0.5) is 5.69 Å². The third kappa shape index (κ3) is 2.35. The van der Waals surface area contributed by atoms with Crippen LogP contribution in [-0.2, 0) is 0 Å². The van der Waals surface area contributed by atoms with Gasteiger partial charge in [0.2, 0.25) is 0 Å². The quantitative estimate of drug-likeness (QED) is 0.754. The van der Waals surface area contributed by atoms with Crippen LogP contribution in [0.15, 0.2) is 23.1 Å². The van der Waals surface area contributed by atoms with E-state index >= 15 is 0 Å². The van der Waals surface area contributed by atoms with E-state index in [2.05, 4.69) is 36.9 Å². The lowest BCUT2D eigenvalue weighted by Gasteiger charge is -2.40. The summed E-state index contributed by atoms with van der Waals surface area (Å²) in [5.41, 5.74) is 1.95. The molecule has 0 spiro atoms. The number of piperidine rings is 1. The summed E-state index contributed by atoms with van der Waals surface area (Å²) in [6, 6.07) is 9.09. The van der Waals surface area contributed by atoms with Crippen molar-refractivity contribution in [2.45, 2.75) is 37.6 Å². The molecule has 1 aromatic carbocycles. The van der Waals surface area contributed by atoms with Gasteiger partial charge in [-0.3, -0.25) is 0 Å². The molecule has 1 fully saturated rings. The lowest BCUT2D eigenvalue weighted by Crippen LogP contribution is -2.42. The second-order valence-corrected chi connectivity index (χ2v) is 5.87. The summed E-state index contributed by atoms with van der Waals surface area (Å²) in [5, 5.41) is 9.42. The fourth-order valence-electron chi connectivity index (χ4n) is 2.72. The van der Waals surface area contributed by atoms with Gasteiger partial charge >= 0.3 is 0 Å². The van der Waals surface area contributed by atoms with Gasteiger partial charge < -0.3 is 4.90 Å².